The summed E-state index contributed by atoms with van der Waals surface area (Å²) >= 11 is 3.95. The number of anilines is 1. The van der Waals surface area contributed by atoms with Crippen molar-refractivity contribution in [1.82, 2.24) is 30.2 Å². The van der Waals surface area contributed by atoms with Gasteiger partial charge in [-0.15, -0.1) is 0 Å². The van der Waals surface area contributed by atoms with E-state index in [2.05, 4.69) is 47.0 Å². The molecule has 2 unspecified atom stereocenters. The van der Waals surface area contributed by atoms with E-state index < -0.39 is 78.6 Å². The minimum atomic E-state index is -5.54. The zero-order valence-corrected chi connectivity index (χ0v) is 34.8. The summed E-state index contributed by atoms with van der Waals surface area (Å²) in [7, 11) is -16.3. The Morgan fingerprint density at radius 3 is 2.34 bits per heavy atom. The molecule has 2 amide bonds. The number of nitrogen functional groups attached to an aromatic ring is 1. The minimum absolute atomic E-state index is 0. The average Bonchev–Trinajstić information content (AvgIpc) is 3.54. The van der Waals surface area contributed by atoms with Gasteiger partial charge >= 0.3 is 23.5 Å². The molecule has 29 heteroatoms. The maximum atomic E-state index is 12.6. The van der Waals surface area contributed by atoms with Crippen molar-refractivity contribution in [3.8, 4) is 0 Å². The number of aliphatic hydroxyl groups is 2. The number of phosphoric acid groups is 3. The van der Waals surface area contributed by atoms with Crippen LogP contribution in [0.1, 0.15) is 26.5 Å². The van der Waals surface area contributed by atoms with Gasteiger partial charge in [0.2, 0.25) is 11.8 Å². The molecule has 1 saturated heterocycles. The fourth-order valence-electron chi connectivity index (χ4n) is 4.14. The number of nitrogens with zero attached hydrogens (tertiary/aromatic N) is 4. The number of rotatable bonds is 18. The van der Waals surface area contributed by atoms with Crippen LogP contribution in [-0.2, 0) is 45.9 Å². The number of imidazole rings is 1. The summed E-state index contributed by atoms with van der Waals surface area (Å²) in [4.78, 5) is 74.6. The summed E-state index contributed by atoms with van der Waals surface area (Å²) in [5.41, 5.74) is 4.30. The number of hydrogen-bond donors (Lipinski definition) is 10. The molecule has 274 valence electrons. The Hall–Kier alpha value is -0.110. The number of ether oxygens (including phenoxy) is 1. The van der Waals surface area contributed by atoms with Crippen molar-refractivity contribution in [2.75, 3.05) is 37.8 Å². The summed E-state index contributed by atoms with van der Waals surface area (Å²) in [6.45, 7) is 0.723. The molecule has 23 nitrogen and oxygen atoms in total. The van der Waals surface area contributed by atoms with Crippen LogP contribution < -0.4 is 16.4 Å². The first-order valence-corrected chi connectivity index (χ1v) is 18.8. The van der Waals surface area contributed by atoms with Gasteiger partial charge in [0.25, 0.3) is 0 Å². The van der Waals surface area contributed by atoms with Crippen LogP contribution in [0.4, 0.5) is 5.82 Å². The Kier molecular flexibility index (Phi) is 19.2. The molecule has 10 N–H and O–H groups in total. The molecule has 7 atom stereocenters. The van der Waals surface area contributed by atoms with Crippen LogP contribution in [0.15, 0.2) is 12.7 Å². The van der Waals surface area contributed by atoms with E-state index in [0.29, 0.717) is 12.3 Å². The number of thiol groups is 1. The molecule has 0 saturated carbocycles. The van der Waals surface area contributed by atoms with E-state index in [9.17, 15) is 53.1 Å². The van der Waals surface area contributed by atoms with Gasteiger partial charge in [0.1, 0.15) is 36.3 Å². The maximum absolute atomic E-state index is 12.6. The van der Waals surface area contributed by atoms with Crippen LogP contribution in [0.25, 0.3) is 11.2 Å². The van der Waals surface area contributed by atoms with Gasteiger partial charge in [0, 0.05) is 89.8 Å². The average molecular weight is 814 g/mol. The first kappa shape index (κ1) is 47.9. The van der Waals surface area contributed by atoms with E-state index in [1.54, 1.807) is 0 Å². The SMILES string of the molecule is CC(C)(COP(=O)(O)OP(=O)(O)OC[C@H]1O[C@@H](n2cnc3c(N)ncnc32)[C@H](O)[C@@H]1OP(=O)(O)O)[C@@H](O)C(=O)NCCC(=O)NCCS.[Na].[Na]. The van der Waals surface area contributed by atoms with Crippen LogP contribution in [-0.4, -0.2) is 177 Å². The summed E-state index contributed by atoms with van der Waals surface area (Å²) in [6, 6.07) is 0. The molecule has 2 aromatic heterocycles. The van der Waals surface area contributed by atoms with Gasteiger partial charge in [-0.05, 0) is 0 Å². The number of nitrogens with two attached hydrogens (primary N) is 1. The molecule has 1 fully saturated rings. The Labute approximate surface area is 334 Å². The monoisotopic (exact) mass is 813 g/mol. The Morgan fingerprint density at radius 1 is 1.08 bits per heavy atom. The molecule has 2 aromatic rings. The normalized spacial score (nSPS) is 22.4. The van der Waals surface area contributed by atoms with Crippen LogP contribution >= 0.6 is 36.1 Å². The second-order valence-electron chi connectivity index (χ2n) is 10.8. The van der Waals surface area contributed by atoms with Crippen molar-refractivity contribution in [2.45, 2.75) is 50.9 Å². The van der Waals surface area contributed by atoms with Gasteiger partial charge < -0.3 is 50.9 Å². The number of fused-ring (bicyclic) bond motifs is 1. The predicted octanol–water partition coefficient (Wildman–Crippen LogP) is -2.43. The first-order valence-electron chi connectivity index (χ1n) is 13.7. The molecular weight excluding hydrogens is 777 g/mol. The summed E-state index contributed by atoms with van der Waals surface area (Å²) in [6.07, 6.45) is -6.74. The molecule has 3 rings (SSSR count). The van der Waals surface area contributed by atoms with E-state index >= 15 is 0 Å². The third kappa shape index (κ3) is 13.9. The third-order valence-corrected chi connectivity index (χ3v) is 9.83. The van der Waals surface area contributed by atoms with E-state index in [1.165, 1.54) is 13.8 Å². The minimum Gasteiger partial charge on any atom is -0.386 e. The zero-order chi connectivity index (χ0) is 36.1. The summed E-state index contributed by atoms with van der Waals surface area (Å²) in [5.74, 6) is -0.943. The number of carbonyl (C=O) groups is 2. The largest absolute Gasteiger partial charge is 0.481 e. The fourth-order valence-corrected chi connectivity index (χ4v) is 7.08. The maximum Gasteiger partial charge on any atom is 0.481 e. The quantitative estimate of drug-likeness (QED) is 0.0425. The molecule has 50 heavy (non-hydrogen) atoms. The second-order valence-corrected chi connectivity index (χ2v) is 15.5. The molecule has 1 aliphatic rings. The van der Waals surface area contributed by atoms with E-state index in [1.807, 2.05) is 0 Å². The van der Waals surface area contributed by atoms with Crippen LogP contribution in [0.5, 0.6) is 0 Å². The summed E-state index contributed by atoms with van der Waals surface area (Å²) < 4.78 is 61.7. The predicted molar refractivity (Wildman–Crippen MR) is 175 cm³/mol. The molecule has 3 heterocycles. The van der Waals surface area contributed by atoms with Crippen molar-refractivity contribution in [2.24, 2.45) is 5.41 Å². The van der Waals surface area contributed by atoms with Crippen LogP contribution in [0.3, 0.4) is 0 Å². The van der Waals surface area contributed by atoms with Crippen molar-refractivity contribution in [3.63, 3.8) is 0 Å². The van der Waals surface area contributed by atoms with Crippen molar-refractivity contribution in [3.05, 3.63) is 12.7 Å². The number of aliphatic hydroxyl groups excluding tert-OH is 2. The molecule has 0 bridgehead atoms. The van der Waals surface area contributed by atoms with Crippen LogP contribution in [0, 0.1) is 5.41 Å². The van der Waals surface area contributed by atoms with E-state index in [0.717, 1.165) is 17.2 Å². The first-order chi connectivity index (χ1) is 22.2. The van der Waals surface area contributed by atoms with Gasteiger partial charge in [-0.1, -0.05) is 13.8 Å². The van der Waals surface area contributed by atoms with Crippen molar-refractivity contribution < 1.29 is 75.7 Å². The number of aromatic nitrogens is 4. The Bertz CT molecular complexity index is 1610. The smallest absolute Gasteiger partial charge is 0.386 e. The van der Waals surface area contributed by atoms with Crippen LogP contribution in [0.2, 0.25) is 0 Å². The number of phosphoric ester groups is 3. The van der Waals surface area contributed by atoms with E-state index in [4.69, 9.17) is 19.5 Å². The standard InChI is InChI=1S/C21H36N7O16P3S.2Na/c1-21(2,16(31)19(32)24-4-3-12(29)23-5-6-48)8-41-47(38,39)44-46(36,37)40-7-11-15(43-45(33,34)35)14(30)20(42-11)28-10-27-13-17(22)25-9-26-18(13)28;;/h9-11,14-16,20,30-31,48H,3-8H2,1-2H3,(H,23,29)(H,24,32)(H,36,37)(H,38,39)(H2,22,25,26)(H2,33,34,35);;/t11-,14-,15-,16+,20-;;/m1../s1. The summed E-state index contributed by atoms with van der Waals surface area (Å²) in [5, 5.41) is 26.1. The van der Waals surface area contributed by atoms with Gasteiger partial charge in [0.15, 0.2) is 17.7 Å². The molecular formula is C21H36N7Na2O16P3S. The van der Waals surface area contributed by atoms with Gasteiger partial charge in [0.05, 0.1) is 19.5 Å². The van der Waals surface area contributed by atoms with Gasteiger partial charge in [-0.3, -0.25) is 27.7 Å². The third-order valence-electron chi connectivity index (χ3n) is 6.51. The molecule has 2 radical (unpaired) electrons. The number of hydrogen-bond acceptors (Lipinski definition) is 17. The molecule has 0 spiro atoms. The molecule has 0 aromatic carbocycles. The number of amides is 2. The molecule has 1 aliphatic heterocycles. The molecule has 0 aliphatic carbocycles. The topological polar surface area (TPSA) is 347 Å². The van der Waals surface area contributed by atoms with Gasteiger partial charge in [-0.25, -0.2) is 28.6 Å². The van der Waals surface area contributed by atoms with Crippen molar-refractivity contribution >= 4 is 124 Å². The zero-order valence-electron chi connectivity index (χ0n) is 27.2. The Morgan fingerprint density at radius 2 is 1.72 bits per heavy atom. The van der Waals surface area contributed by atoms with E-state index in [-0.39, 0.29) is 95.0 Å². The Balaban J connectivity index is 0.00000625. The fraction of sp³-hybridized carbons (Fsp3) is 0.667. The number of nitrogens with one attached hydrogen (secondary N) is 2. The number of carbonyl (C=O) groups excluding carboxylic acids is 2. The van der Waals surface area contributed by atoms with Crippen molar-refractivity contribution in [1.29, 1.82) is 0 Å². The van der Waals surface area contributed by atoms with Gasteiger partial charge in [-0.2, -0.15) is 16.9 Å². The second kappa shape index (κ2) is 20.0.